The zero-order valence-corrected chi connectivity index (χ0v) is 18.2. The van der Waals surface area contributed by atoms with Crippen LogP contribution in [0.4, 0.5) is 0 Å². The molecule has 2 aromatic heterocycles. The van der Waals surface area contributed by atoms with Crippen molar-refractivity contribution >= 4 is 29.9 Å². The maximum Gasteiger partial charge on any atom is 0.191 e. The SMILES string of the molecule is COCCNC(=NCc1ccn(C2CCCC2)n1)NCCc1ccco1.I. The van der Waals surface area contributed by atoms with Gasteiger partial charge in [-0.25, -0.2) is 4.99 Å². The summed E-state index contributed by atoms with van der Waals surface area (Å²) in [6.07, 6.45) is 9.70. The number of rotatable bonds is 9. The largest absolute Gasteiger partial charge is 0.469 e. The lowest BCUT2D eigenvalue weighted by molar-refractivity contribution is 0.203. The van der Waals surface area contributed by atoms with Crippen LogP contribution in [0.3, 0.4) is 0 Å². The van der Waals surface area contributed by atoms with Crippen molar-refractivity contribution in [1.82, 2.24) is 20.4 Å². The summed E-state index contributed by atoms with van der Waals surface area (Å²) >= 11 is 0. The van der Waals surface area contributed by atoms with E-state index in [9.17, 15) is 0 Å². The molecule has 0 aliphatic heterocycles. The van der Waals surface area contributed by atoms with Crippen LogP contribution in [0.25, 0.3) is 0 Å². The van der Waals surface area contributed by atoms with Gasteiger partial charge in [0.15, 0.2) is 5.96 Å². The number of ether oxygens (including phenoxy) is 1. The Hall–Kier alpha value is -1.55. The Balaban J connectivity index is 0.00000261. The van der Waals surface area contributed by atoms with Crippen molar-refractivity contribution < 1.29 is 9.15 Å². The van der Waals surface area contributed by atoms with E-state index in [4.69, 9.17) is 14.3 Å². The van der Waals surface area contributed by atoms with Gasteiger partial charge in [-0.1, -0.05) is 12.8 Å². The van der Waals surface area contributed by atoms with E-state index in [-0.39, 0.29) is 24.0 Å². The van der Waals surface area contributed by atoms with Gasteiger partial charge in [0.05, 0.1) is 31.2 Å². The van der Waals surface area contributed by atoms with Gasteiger partial charge in [-0.15, -0.1) is 24.0 Å². The third-order valence-corrected chi connectivity index (χ3v) is 4.60. The second kappa shape index (κ2) is 12.0. The van der Waals surface area contributed by atoms with E-state index in [0.717, 1.165) is 30.4 Å². The average Bonchev–Trinajstić information content (AvgIpc) is 3.41. The van der Waals surface area contributed by atoms with Gasteiger partial charge in [-0.05, 0) is 31.0 Å². The van der Waals surface area contributed by atoms with Gasteiger partial charge in [-0.3, -0.25) is 4.68 Å². The third kappa shape index (κ3) is 7.17. The lowest BCUT2D eigenvalue weighted by Gasteiger charge is -2.12. The molecule has 150 valence electrons. The second-order valence-electron chi connectivity index (χ2n) is 6.57. The number of methoxy groups -OCH3 is 1. The Morgan fingerprint density at radius 2 is 2.11 bits per heavy atom. The van der Waals surface area contributed by atoms with Gasteiger partial charge >= 0.3 is 0 Å². The van der Waals surface area contributed by atoms with E-state index in [1.54, 1.807) is 13.4 Å². The van der Waals surface area contributed by atoms with Gasteiger partial charge in [0.1, 0.15) is 5.76 Å². The van der Waals surface area contributed by atoms with Crippen LogP contribution in [0, 0.1) is 0 Å². The summed E-state index contributed by atoms with van der Waals surface area (Å²) in [5, 5.41) is 11.3. The molecule has 7 nitrogen and oxygen atoms in total. The third-order valence-electron chi connectivity index (χ3n) is 4.60. The molecule has 0 aromatic carbocycles. The van der Waals surface area contributed by atoms with Crippen LogP contribution in [0.15, 0.2) is 40.1 Å². The minimum absolute atomic E-state index is 0. The van der Waals surface area contributed by atoms with Crippen molar-refractivity contribution in [3.8, 4) is 0 Å². The number of guanidine groups is 1. The van der Waals surface area contributed by atoms with Crippen LogP contribution >= 0.6 is 24.0 Å². The fraction of sp³-hybridized carbons (Fsp3) is 0.579. The highest BCUT2D eigenvalue weighted by atomic mass is 127. The number of nitrogens with zero attached hydrogens (tertiary/aromatic N) is 3. The molecule has 1 fully saturated rings. The number of nitrogens with one attached hydrogen (secondary N) is 2. The number of hydrogen-bond donors (Lipinski definition) is 2. The zero-order valence-electron chi connectivity index (χ0n) is 15.9. The number of furan rings is 1. The topological polar surface area (TPSA) is 76.6 Å². The van der Waals surface area contributed by atoms with Crippen molar-refractivity contribution in [1.29, 1.82) is 0 Å². The molecule has 1 saturated carbocycles. The lowest BCUT2D eigenvalue weighted by atomic mass is 10.3. The van der Waals surface area contributed by atoms with Crippen LogP contribution in [-0.2, 0) is 17.7 Å². The molecule has 0 spiro atoms. The maximum absolute atomic E-state index is 5.36. The van der Waals surface area contributed by atoms with Gasteiger partial charge in [0.25, 0.3) is 0 Å². The molecule has 1 aliphatic carbocycles. The summed E-state index contributed by atoms with van der Waals surface area (Å²) in [5.74, 6) is 1.73. The van der Waals surface area contributed by atoms with Crippen LogP contribution in [0.2, 0.25) is 0 Å². The molecule has 0 radical (unpaired) electrons. The van der Waals surface area contributed by atoms with Gasteiger partial charge < -0.3 is 19.8 Å². The van der Waals surface area contributed by atoms with Crippen LogP contribution in [-0.4, -0.2) is 42.5 Å². The second-order valence-corrected chi connectivity index (χ2v) is 6.57. The molecule has 2 heterocycles. The number of aromatic nitrogens is 2. The smallest absolute Gasteiger partial charge is 0.191 e. The predicted octanol–water partition coefficient (Wildman–Crippen LogP) is 3.13. The fourth-order valence-electron chi connectivity index (χ4n) is 3.20. The quantitative estimate of drug-likeness (QED) is 0.246. The van der Waals surface area contributed by atoms with Crippen molar-refractivity contribution in [3.05, 3.63) is 42.1 Å². The van der Waals surface area contributed by atoms with Crippen LogP contribution < -0.4 is 10.6 Å². The molecule has 3 rings (SSSR count). The van der Waals surface area contributed by atoms with Gasteiger partial charge in [0.2, 0.25) is 0 Å². The predicted molar refractivity (Wildman–Crippen MR) is 117 cm³/mol. The maximum atomic E-state index is 5.36. The van der Waals surface area contributed by atoms with Crippen molar-refractivity contribution in [2.24, 2.45) is 4.99 Å². The summed E-state index contributed by atoms with van der Waals surface area (Å²) in [6, 6.07) is 6.52. The Morgan fingerprint density at radius 1 is 1.30 bits per heavy atom. The Morgan fingerprint density at radius 3 is 2.85 bits per heavy atom. The lowest BCUT2D eigenvalue weighted by Crippen LogP contribution is -2.40. The van der Waals surface area contributed by atoms with Crippen molar-refractivity contribution in [2.45, 2.75) is 44.7 Å². The highest BCUT2D eigenvalue weighted by molar-refractivity contribution is 14.0. The van der Waals surface area contributed by atoms with E-state index in [1.807, 2.05) is 12.1 Å². The number of hydrogen-bond acceptors (Lipinski definition) is 4. The van der Waals surface area contributed by atoms with Crippen LogP contribution in [0.5, 0.6) is 0 Å². The molecule has 0 unspecified atom stereocenters. The molecule has 1 aliphatic rings. The molecule has 0 atom stereocenters. The Kier molecular flexibility index (Phi) is 9.68. The summed E-state index contributed by atoms with van der Waals surface area (Å²) in [5.41, 5.74) is 0.996. The minimum Gasteiger partial charge on any atom is -0.469 e. The summed E-state index contributed by atoms with van der Waals surface area (Å²) in [6.45, 7) is 2.65. The summed E-state index contributed by atoms with van der Waals surface area (Å²) in [4.78, 5) is 4.66. The molecule has 27 heavy (non-hydrogen) atoms. The first kappa shape index (κ1) is 21.7. The van der Waals surface area contributed by atoms with Crippen LogP contribution in [0.1, 0.15) is 43.2 Å². The molecule has 0 saturated heterocycles. The highest BCUT2D eigenvalue weighted by Gasteiger charge is 2.17. The first-order chi connectivity index (χ1) is 12.8. The fourth-order valence-corrected chi connectivity index (χ4v) is 3.20. The monoisotopic (exact) mass is 487 g/mol. The zero-order chi connectivity index (χ0) is 18.0. The average molecular weight is 487 g/mol. The first-order valence-corrected chi connectivity index (χ1v) is 9.42. The van der Waals surface area contributed by atoms with Crippen molar-refractivity contribution in [3.63, 3.8) is 0 Å². The molecular formula is C19H30IN5O2. The van der Waals surface area contributed by atoms with E-state index in [0.29, 0.717) is 25.7 Å². The molecule has 0 amide bonds. The van der Waals surface area contributed by atoms with Crippen molar-refractivity contribution in [2.75, 3.05) is 26.8 Å². The summed E-state index contributed by atoms with van der Waals surface area (Å²) < 4.78 is 12.6. The molecular weight excluding hydrogens is 457 g/mol. The van der Waals surface area contributed by atoms with Gasteiger partial charge in [0, 0.05) is 32.8 Å². The molecule has 2 aromatic rings. The molecule has 2 N–H and O–H groups in total. The Labute approximate surface area is 178 Å². The van der Waals surface area contributed by atoms with E-state index in [2.05, 4.69) is 32.6 Å². The minimum atomic E-state index is 0. The number of halogens is 1. The van der Waals surface area contributed by atoms with E-state index in [1.165, 1.54) is 25.7 Å². The molecule has 8 heteroatoms. The summed E-state index contributed by atoms with van der Waals surface area (Å²) in [7, 11) is 1.69. The van der Waals surface area contributed by atoms with Gasteiger partial charge in [-0.2, -0.15) is 5.10 Å². The van der Waals surface area contributed by atoms with E-state index < -0.39 is 0 Å². The van der Waals surface area contributed by atoms with E-state index >= 15 is 0 Å². The molecule has 0 bridgehead atoms. The normalized spacial score (nSPS) is 14.9. The number of aliphatic imine (C=N–C) groups is 1. The highest BCUT2D eigenvalue weighted by Crippen LogP contribution is 2.28. The standard InChI is InChI=1S/C19H29N5O2.HI/c1-25-14-11-21-19(20-10-8-18-7-4-13-26-18)22-15-16-9-12-24(23-16)17-5-2-3-6-17;/h4,7,9,12-13,17H,2-3,5-6,8,10-11,14-15H2,1H3,(H2,20,21,22);1H. The Bertz CT molecular complexity index is 665. The first-order valence-electron chi connectivity index (χ1n) is 9.42.